The van der Waals surface area contributed by atoms with Gasteiger partial charge in [0.05, 0.1) is 6.10 Å². The fraction of sp³-hybridized carbons (Fsp3) is 0.600. The summed E-state index contributed by atoms with van der Waals surface area (Å²) < 4.78 is 0. The Labute approximate surface area is 139 Å². The molecule has 3 rings (SSSR count). The van der Waals surface area contributed by atoms with Gasteiger partial charge < -0.3 is 15.4 Å². The van der Waals surface area contributed by atoms with Crippen LogP contribution < -0.4 is 5.32 Å². The predicted octanol–water partition coefficient (Wildman–Crippen LogP) is 3.88. The molecule has 2 aromatic rings. The highest BCUT2D eigenvalue weighted by molar-refractivity contribution is 5.83. The monoisotopic (exact) mass is 314 g/mol. The molecule has 1 aromatic heterocycles. The summed E-state index contributed by atoms with van der Waals surface area (Å²) in [6.45, 7) is 7.71. The largest absolute Gasteiger partial charge is 0.393 e. The summed E-state index contributed by atoms with van der Waals surface area (Å²) in [5, 5.41) is 15.2. The Kier molecular flexibility index (Phi) is 4.79. The zero-order valence-corrected chi connectivity index (χ0v) is 14.6. The van der Waals surface area contributed by atoms with Crippen molar-refractivity contribution in [3.05, 3.63) is 36.0 Å². The average molecular weight is 314 g/mol. The lowest BCUT2D eigenvalue weighted by molar-refractivity contribution is 0.0280. The summed E-state index contributed by atoms with van der Waals surface area (Å²) in [4.78, 5) is 3.35. The fourth-order valence-corrected chi connectivity index (χ4v) is 3.96. The summed E-state index contributed by atoms with van der Waals surface area (Å²) >= 11 is 0. The van der Waals surface area contributed by atoms with Crippen LogP contribution >= 0.6 is 0 Å². The first-order chi connectivity index (χ1) is 11.0. The van der Waals surface area contributed by atoms with Crippen molar-refractivity contribution >= 4 is 10.9 Å². The topological polar surface area (TPSA) is 48.0 Å². The Morgan fingerprint density at radius 2 is 2.04 bits per heavy atom. The minimum absolute atomic E-state index is 0.0766. The molecule has 1 aliphatic carbocycles. The number of benzene rings is 1. The van der Waals surface area contributed by atoms with E-state index in [9.17, 15) is 5.11 Å². The molecule has 23 heavy (non-hydrogen) atoms. The standard InChI is InChI=1S/C20H30N2O/c1-14-8-9-16(12-19(14)23)20(2,3)22-11-10-15-13-21-18-7-5-4-6-17(15)18/h4-7,13-14,16,19,21-23H,8-12H2,1-3H3. The number of aromatic nitrogens is 1. The third kappa shape index (κ3) is 3.61. The van der Waals surface area contributed by atoms with E-state index in [1.165, 1.54) is 22.9 Å². The van der Waals surface area contributed by atoms with Crippen molar-refractivity contribution < 1.29 is 5.11 Å². The summed E-state index contributed by atoms with van der Waals surface area (Å²) in [6, 6.07) is 8.48. The fourth-order valence-electron chi connectivity index (χ4n) is 3.96. The van der Waals surface area contributed by atoms with Gasteiger partial charge in [0, 0.05) is 22.6 Å². The van der Waals surface area contributed by atoms with Gasteiger partial charge in [-0.05, 0) is 69.5 Å². The van der Waals surface area contributed by atoms with Crippen LogP contribution in [-0.2, 0) is 6.42 Å². The first-order valence-corrected chi connectivity index (χ1v) is 8.95. The normalized spacial score (nSPS) is 25.8. The third-order valence-corrected chi connectivity index (χ3v) is 5.82. The Hall–Kier alpha value is -1.32. The van der Waals surface area contributed by atoms with E-state index in [0.717, 1.165) is 25.8 Å². The van der Waals surface area contributed by atoms with E-state index in [1.807, 2.05) is 0 Å². The van der Waals surface area contributed by atoms with Crippen LogP contribution in [0.1, 0.15) is 45.6 Å². The van der Waals surface area contributed by atoms with Gasteiger partial charge in [-0.15, -0.1) is 0 Å². The molecule has 0 spiro atoms. The van der Waals surface area contributed by atoms with Gasteiger partial charge in [0.2, 0.25) is 0 Å². The summed E-state index contributed by atoms with van der Waals surface area (Å²) in [7, 11) is 0. The number of H-pyrrole nitrogens is 1. The number of aromatic amines is 1. The van der Waals surface area contributed by atoms with Crippen molar-refractivity contribution in [1.29, 1.82) is 0 Å². The lowest BCUT2D eigenvalue weighted by Gasteiger charge is -2.41. The quantitative estimate of drug-likeness (QED) is 0.784. The molecule has 3 N–H and O–H groups in total. The zero-order chi connectivity index (χ0) is 16.4. The van der Waals surface area contributed by atoms with Crippen LogP contribution in [0.4, 0.5) is 0 Å². The second-order valence-electron chi connectivity index (χ2n) is 7.81. The van der Waals surface area contributed by atoms with Crippen molar-refractivity contribution in [2.24, 2.45) is 11.8 Å². The molecule has 0 amide bonds. The van der Waals surface area contributed by atoms with Crippen LogP contribution in [0.2, 0.25) is 0 Å². The highest BCUT2D eigenvalue weighted by Gasteiger charge is 2.35. The maximum absolute atomic E-state index is 10.2. The van der Waals surface area contributed by atoms with Gasteiger partial charge in [-0.3, -0.25) is 0 Å². The van der Waals surface area contributed by atoms with E-state index in [4.69, 9.17) is 0 Å². The average Bonchev–Trinajstić information content (AvgIpc) is 2.93. The number of aliphatic hydroxyl groups excluding tert-OH is 1. The Balaban J connectivity index is 1.57. The van der Waals surface area contributed by atoms with Crippen LogP contribution in [0.5, 0.6) is 0 Å². The summed E-state index contributed by atoms with van der Waals surface area (Å²) in [6.07, 6.45) is 6.30. The first kappa shape index (κ1) is 16.5. The lowest BCUT2D eigenvalue weighted by atomic mass is 9.72. The van der Waals surface area contributed by atoms with Crippen LogP contribution in [0.3, 0.4) is 0 Å². The van der Waals surface area contributed by atoms with Crippen LogP contribution in [0.15, 0.2) is 30.5 Å². The number of hydrogen-bond donors (Lipinski definition) is 3. The van der Waals surface area contributed by atoms with E-state index in [1.54, 1.807) is 0 Å². The molecule has 0 aliphatic heterocycles. The van der Waals surface area contributed by atoms with Gasteiger partial charge in [-0.2, -0.15) is 0 Å². The van der Waals surface area contributed by atoms with Gasteiger partial charge in [-0.1, -0.05) is 25.1 Å². The smallest absolute Gasteiger partial charge is 0.0569 e. The van der Waals surface area contributed by atoms with E-state index in [-0.39, 0.29) is 11.6 Å². The van der Waals surface area contributed by atoms with Crippen molar-refractivity contribution in [3.63, 3.8) is 0 Å². The molecule has 0 bridgehead atoms. The number of fused-ring (bicyclic) bond motifs is 1. The molecule has 1 aliphatic rings. The SMILES string of the molecule is CC1CCC(C(C)(C)NCCc2c[nH]c3ccccc23)CC1O. The van der Waals surface area contributed by atoms with Crippen molar-refractivity contribution in [2.45, 2.75) is 58.1 Å². The van der Waals surface area contributed by atoms with E-state index < -0.39 is 0 Å². The molecule has 3 unspecified atom stereocenters. The van der Waals surface area contributed by atoms with Crippen molar-refractivity contribution in [3.8, 4) is 0 Å². The molecule has 3 heteroatoms. The molecule has 126 valence electrons. The maximum atomic E-state index is 10.2. The van der Waals surface area contributed by atoms with Gasteiger partial charge in [0.15, 0.2) is 0 Å². The minimum Gasteiger partial charge on any atom is -0.393 e. The minimum atomic E-state index is -0.136. The maximum Gasteiger partial charge on any atom is 0.0569 e. The van der Waals surface area contributed by atoms with E-state index in [0.29, 0.717) is 11.8 Å². The second-order valence-corrected chi connectivity index (χ2v) is 7.81. The molecule has 3 nitrogen and oxygen atoms in total. The molecule has 0 saturated heterocycles. The van der Waals surface area contributed by atoms with Crippen molar-refractivity contribution in [2.75, 3.05) is 6.54 Å². The van der Waals surface area contributed by atoms with Gasteiger partial charge in [-0.25, -0.2) is 0 Å². The Morgan fingerprint density at radius 3 is 2.83 bits per heavy atom. The highest BCUT2D eigenvalue weighted by atomic mass is 16.3. The molecule has 1 fully saturated rings. The third-order valence-electron chi connectivity index (χ3n) is 5.82. The predicted molar refractivity (Wildman–Crippen MR) is 96.6 cm³/mol. The van der Waals surface area contributed by atoms with Crippen LogP contribution in [-0.4, -0.2) is 28.3 Å². The molecule has 1 heterocycles. The first-order valence-electron chi connectivity index (χ1n) is 8.95. The molecule has 3 atom stereocenters. The number of rotatable bonds is 5. The molecule has 0 radical (unpaired) electrons. The molecular weight excluding hydrogens is 284 g/mol. The van der Waals surface area contributed by atoms with Crippen LogP contribution in [0, 0.1) is 11.8 Å². The molecular formula is C20H30N2O. The Morgan fingerprint density at radius 1 is 1.26 bits per heavy atom. The number of aliphatic hydroxyl groups is 1. The molecule has 1 aromatic carbocycles. The summed E-state index contributed by atoms with van der Waals surface area (Å²) in [5.41, 5.74) is 2.67. The number of nitrogens with one attached hydrogen (secondary N) is 2. The van der Waals surface area contributed by atoms with Crippen molar-refractivity contribution in [1.82, 2.24) is 10.3 Å². The van der Waals surface area contributed by atoms with E-state index in [2.05, 4.69) is 61.5 Å². The highest BCUT2D eigenvalue weighted by Crippen LogP contribution is 2.35. The number of hydrogen-bond acceptors (Lipinski definition) is 2. The van der Waals surface area contributed by atoms with Gasteiger partial charge in [0.1, 0.15) is 0 Å². The summed E-state index contributed by atoms with van der Waals surface area (Å²) in [5.74, 6) is 1.00. The van der Waals surface area contributed by atoms with Crippen LogP contribution in [0.25, 0.3) is 10.9 Å². The van der Waals surface area contributed by atoms with Gasteiger partial charge >= 0.3 is 0 Å². The zero-order valence-electron chi connectivity index (χ0n) is 14.6. The molecule has 1 saturated carbocycles. The van der Waals surface area contributed by atoms with Gasteiger partial charge in [0.25, 0.3) is 0 Å². The number of para-hydroxylation sites is 1. The van der Waals surface area contributed by atoms with E-state index >= 15 is 0 Å². The lowest BCUT2D eigenvalue weighted by Crippen LogP contribution is -2.49. The second kappa shape index (κ2) is 6.66. The Bertz CT molecular complexity index is 646.